The van der Waals surface area contributed by atoms with Crippen LogP contribution < -0.4 is 5.32 Å². The molecule has 0 saturated carbocycles. The lowest BCUT2D eigenvalue weighted by atomic mass is 10.1. The number of rotatable bonds is 10. The van der Waals surface area contributed by atoms with Crippen molar-refractivity contribution in [2.75, 3.05) is 6.54 Å². The van der Waals surface area contributed by atoms with Gasteiger partial charge in [0.25, 0.3) is 0 Å². The van der Waals surface area contributed by atoms with E-state index >= 15 is 0 Å². The van der Waals surface area contributed by atoms with Crippen LogP contribution in [0.5, 0.6) is 0 Å². The second kappa shape index (κ2) is 11.6. The van der Waals surface area contributed by atoms with Crippen LogP contribution in [-0.4, -0.2) is 12.6 Å². The van der Waals surface area contributed by atoms with Gasteiger partial charge in [0, 0.05) is 0 Å². The molecule has 0 radical (unpaired) electrons. The van der Waals surface area contributed by atoms with Crippen LogP contribution in [0.3, 0.4) is 0 Å². The Morgan fingerprint density at radius 3 is 2.13 bits per heavy atom. The molecule has 0 heterocycles. The molecule has 0 saturated heterocycles. The van der Waals surface area contributed by atoms with E-state index < -0.39 is 0 Å². The van der Waals surface area contributed by atoms with Crippen LogP contribution in [0.2, 0.25) is 0 Å². The van der Waals surface area contributed by atoms with Crippen LogP contribution in [-0.2, 0) is 0 Å². The largest absolute Gasteiger partial charge is 0.304 e. The molecule has 1 atom stereocenters. The average Bonchev–Trinajstić information content (AvgIpc) is 2.26. The van der Waals surface area contributed by atoms with Crippen LogP contribution in [0.25, 0.3) is 0 Å². The summed E-state index contributed by atoms with van der Waals surface area (Å²) < 4.78 is 0. The molecule has 0 unspecified atom stereocenters. The van der Waals surface area contributed by atoms with Crippen molar-refractivity contribution in [2.24, 2.45) is 0 Å². The Morgan fingerprint density at radius 2 is 1.60 bits per heavy atom. The van der Waals surface area contributed by atoms with Gasteiger partial charge in [-0.25, -0.2) is 0 Å². The fraction of sp³-hybridized carbons (Fsp3) is 0.857. The van der Waals surface area contributed by atoms with Crippen LogP contribution in [0.15, 0.2) is 0 Å². The Balaban J connectivity index is 3.19. The van der Waals surface area contributed by atoms with E-state index in [1.807, 2.05) is 0 Å². The Bertz CT molecular complexity index is 157. The first-order valence-corrected chi connectivity index (χ1v) is 6.54. The van der Waals surface area contributed by atoms with Gasteiger partial charge in [-0.15, -0.1) is 6.42 Å². The number of hydrogen-bond acceptors (Lipinski definition) is 1. The van der Waals surface area contributed by atoms with Gasteiger partial charge in [-0.05, 0) is 13.0 Å². The van der Waals surface area contributed by atoms with Gasteiger partial charge in [0.05, 0.1) is 6.04 Å². The molecule has 0 aromatic carbocycles. The average molecular weight is 209 g/mol. The summed E-state index contributed by atoms with van der Waals surface area (Å²) in [5.74, 6) is 2.80. The molecule has 1 N–H and O–H groups in total. The van der Waals surface area contributed by atoms with E-state index in [9.17, 15) is 0 Å². The summed E-state index contributed by atoms with van der Waals surface area (Å²) in [7, 11) is 0. The highest BCUT2D eigenvalue weighted by atomic mass is 14.9. The molecule has 0 rings (SSSR count). The van der Waals surface area contributed by atoms with Crippen molar-refractivity contribution < 1.29 is 0 Å². The summed E-state index contributed by atoms with van der Waals surface area (Å²) in [6, 6.07) is 0.297. The lowest BCUT2D eigenvalue weighted by Gasteiger charge is -2.10. The van der Waals surface area contributed by atoms with Gasteiger partial charge in [0.1, 0.15) is 0 Å². The molecule has 0 spiro atoms. The van der Waals surface area contributed by atoms with E-state index in [0.717, 1.165) is 13.0 Å². The van der Waals surface area contributed by atoms with Gasteiger partial charge >= 0.3 is 0 Å². The monoisotopic (exact) mass is 209 g/mol. The summed E-state index contributed by atoms with van der Waals surface area (Å²) in [6.45, 7) is 5.34. The molecule has 0 aromatic rings. The molecule has 1 heteroatoms. The zero-order valence-corrected chi connectivity index (χ0v) is 10.5. The van der Waals surface area contributed by atoms with Crippen molar-refractivity contribution in [3.63, 3.8) is 0 Å². The van der Waals surface area contributed by atoms with Crippen LogP contribution in [0, 0.1) is 12.3 Å². The third-order valence-electron chi connectivity index (χ3n) is 2.75. The molecule has 15 heavy (non-hydrogen) atoms. The van der Waals surface area contributed by atoms with Gasteiger partial charge in [0.15, 0.2) is 0 Å². The van der Waals surface area contributed by atoms with Crippen LogP contribution >= 0.6 is 0 Å². The minimum Gasteiger partial charge on any atom is -0.304 e. The lowest BCUT2D eigenvalue weighted by molar-refractivity contribution is 0.524. The Labute approximate surface area is 96.0 Å². The van der Waals surface area contributed by atoms with E-state index in [1.165, 1.54) is 44.9 Å². The molecule has 0 aliphatic rings. The first-order chi connectivity index (χ1) is 7.35. The maximum absolute atomic E-state index is 5.43. The van der Waals surface area contributed by atoms with Gasteiger partial charge < -0.3 is 5.32 Å². The second-order valence-electron chi connectivity index (χ2n) is 4.19. The van der Waals surface area contributed by atoms with Crippen molar-refractivity contribution in [1.29, 1.82) is 0 Å². The van der Waals surface area contributed by atoms with Crippen molar-refractivity contribution in [2.45, 2.75) is 71.3 Å². The van der Waals surface area contributed by atoms with Crippen molar-refractivity contribution in [3.8, 4) is 12.3 Å². The van der Waals surface area contributed by atoms with Gasteiger partial charge in [-0.1, -0.05) is 64.7 Å². The van der Waals surface area contributed by atoms with E-state index in [4.69, 9.17) is 6.42 Å². The van der Waals surface area contributed by atoms with Gasteiger partial charge in [-0.2, -0.15) is 0 Å². The Kier molecular flexibility index (Phi) is 11.2. The summed E-state index contributed by atoms with van der Waals surface area (Å²) in [5.41, 5.74) is 0. The van der Waals surface area contributed by atoms with E-state index in [-0.39, 0.29) is 0 Å². The summed E-state index contributed by atoms with van der Waals surface area (Å²) in [5, 5.41) is 3.31. The van der Waals surface area contributed by atoms with Crippen molar-refractivity contribution in [1.82, 2.24) is 5.32 Å². The number of unbranched alkanes of at least 4 members (excludes halogenated alkanes) is 6. The van der Waals surface area contributed by atoms with Crippen molar-refractivity contribution >= 4 is 0 Å². The topological polar surface area (TPSA) is 12.0 Å². The molecule has 0 fully saturated rings. The van der Waals surface area contributed by atoms with Gasteiger partial charge in [0.2, 0.25) is 0 Å². The zero-order valence-electron chi connectivity index (χ0n) is 10.5. The zero-order chi connectivity index (χ0) is 11.4. The number of hydrogen-bond donors (Lipinski definition) is 1. The van der Waals surface area contributed by atoms with Crippen LogP contribution in [0.4, 0.5) is 0 Å². The molecule has 0 aliphatic carbocycles. The predicted molar refractivity (Wildman–Crippen MR) is 68.9 cm³/mol. The molecule has 0 aliphatic heterocycles. The highest BCUT2D eigenvalue weighted by Gasteiger charge is 2.01. The maximum atomic E-state index is 5.43. The van der Waals surface area contributed by atoms with Gasteiger partial charge in [-0.3, -0.25) is 0 Å². The molecule has 0 bridgehead atoms. The third-order valence-corrected chi connectivity index (χ3v) is 2.75. The van der Waals surface area contributed by atoms with E-state index in [2.05, 4.69) is 25.1 Å². The summed E-state index contributed by atoms with van der Waals surface area (Å²) in [4.78, 5) is 0. The molecular formula is C14H27N. The predicted octanol–water partition coefficient (Wildman–Crippen LogP) is 3.74. The molecule has 0 aromatic heterocycles. The first kappa shape index (κ1) is 14.5. The van der Waals surface area contributed by atoms with E-state index in [1.54, 1.807) is 0 Å². The summed E-state index contributed by atoms with van der Waals surface area (Å²) >= 11 is 0. The maximum Gasteiger partial charge on any atom is 0.0686 e. The molecule has 88 valence electrons. The number of terminal acetylenes is 1. The molecular weight excluding hydrogens is 182 g/mol. The number of nitrogens with one attached hydrogen (secondary N) is 1. The van der Waals surface area contributed by atoms with Crippen molar-refractivity contribution in [3.05, 3.63) is 0 Å². The highest BCUT2D eigenvalue weighted by Crippen LogP contribution is 2.09. The fourth-order valence-electron chi connectivity index (χ4n) is 1.80. The second-order valence-corrected chi connectivity index (χ2v) is 4.19. The standard InChI is InChI=1S/C14H27N/c1-4-7-8-9-10-11-12-13-14(5-2)15-6-3/h2,14-15H,4,6-13H2,1,3H3/t14-/m0/s1. The first-order valence-electron chi connectivity index (χ1n) is 6.54. The quantitative estimate of drug-likeness (QED) is 0.427. The van der Waals surface area contributed by atoms with Crippen LogP contribution in [0.1, 0.15) is 65.2 Å². The summed E-state index contributed by atoms with van der Waals surface area (Å²) in [6.07, 6.45) is 16.1. The normalized spacial score (nSPS) is 12.3. The molecule has 1 nitrogen and oxygen atoms in total. The SMILES string of the molecule is C#C[C@@H](CCCCCCCCC)NCC. The Morgan fingerprint density at radius 1 is 1.00 bits per heavy atom. The smallest absolute Gasteiger partial charge is 0.0686 e. The minimum atomic E-state index is 0.297. The lowest BCUT2D eigenvalue weighted by Crippen LogP contribution is -2.26. The highest BCUT2D eigenvalue weighted by molar-refractivity contribution is 4.98. The third kappa shape index (κ3) is 9.82. The Hall–Kier alpha value is -0.480. The minimum absolute atomic E-state index is 0.297. The fourth-order valence-corrected chi connectivity index (χ4v) is 1.80. The van der Waals surface area contributed by atoms with E-state index in [0.29, 0.717) is 6.04 Å². The molecule has 0 amide bonds.